The van der Waals surface area contributed by atoms with Gasteiger partial charge >= 0.3 is 0 Å². The van der Waals surface area contributed by atoms with Crippen molar-refractivity contribution in [3.63, 3.8) is 0 Å². The molecule has 1 heterocycles. The van der Waals surface area contributed by atoms with Crippen LogP contribution in [-0.4, -0.2) is 4.98 Å². The molecule has 2 aromatic rings. The molecule has 0 N–H and O–H groups in total. The molecule has 0 bridgehead atoms. The van der Waals surface area contributed by atoms with E-state index in [1.54, 1.807) is 11.3 Å². The summed E-state index contributed by atoms with van der Waals surface area (Å²) in [5.41, 5.74) is 2.39. The van der Waals surface area contributed by atoms with Crippen LogP contribution in [0.3, 0.4) is 0 Å². The average molecular weight is 254 g/mol. The van der Waals surface area contributed by atoms with E-state index in [4.69, 9.17) is 5.26 Å². The predicted octanol–water partition coefficient (Wildman–Crippen LogP) is 3.68. The Balaban J connectivity index is 1.72. The minimum absolute atomic E-state index is 0.571. The molecule has 1 aromatic carbocycles. The third-order valence-corrected chi connectivity index (χ3v) is 4.27. The van der Waals surface area contributed by atoms with Gasteiger partial charge in [0.05, 0.1) is 10.7 Å². The van der Waals surface area contributed by atoms with Gasteiger partial charge in [-0.3, -0.25) is 0 Å². The van der Waals surface area contributed by atoms with E-state index in [1.165, 1.54) is 18.4 Å². The number of benzene rings is 1. The van der Waals surface area contributed by atoms with Gasteiger partial charge in [0.25, 0.3) is 0 Å². The Kier molecular flexibility index (Phi) is 3.12. The average Bonchev–Trinajstić information content (AvgIpc) is 3.18. The molecule has 0 aliphatic heterocycles. The second-order valence-corrected chi connectivity index (χ2v) is 5.78. The fraction of sp³-hybridized carbons (Fsp3) is 0.333. The van der Waals surface area contributed by atoms with Crippen LogP contribution >= 0.6 is 11.3 Å². The van der Waals surface area contributed by atoms with Gasteiger partial charge in [0.15, 0.2) is 0 Å². The predicted molar refractivity (Wildman–Crippen MR) is 72.7 cm³/mol. The van der Waals surface area contributed by atoms with Crippen molar-refractivity contribution in [2.45, 2.75) is 31.6 Å². The molecule has 3 rings (SSSR count). The lowest BCUT2D eigenvalue weighted by Gasteiger charge is -1.97. The molecule has 2 nitrogen and oxygen atoms in total. The Labute approximate surface area is 111 Å². The van der Waals surface area contributed by atoms with Gasteiger partial charge in [-0.1, -0.05) is 30.3 Å². The Bertz CT molecular complexity index is 576. The van der Waals surface area contributed by atoms with E-state index in [0.29, 0.717) is 5.92 Å². The minimum Gasteiger partial charge on any atom is -0.245 e. The van der Waals surface area contributed by atoms with Crippen molar-refractivity contribution in [1.29, 1.82) is 5.26 Å². The standard InChI is InChI=1S/C15H14N2S/c16-10-13-15(12-7-8-12)17-14(18-13)9-6-11-4-2-1-3-5-11/h1-5,12H,6-9H2. The van der Waals surface area contributed by atoms with Gasteiger partial charge < -0.3 is 0 Å². The summed E-state index contributed by atoms with van der Waals surface area (Å²) in [5.74, 6) is 0.571. The summed E-state index contributed by atoms with van der Waals surface area (Å²) < 4.78 is 0. The molecule has 0 spiro atoms. The smallest absolute Gasteiger partial charge is 0.128 e. The molecule has 1 aliphatic rings. The summed E-state index contributed by atoms with van der Waals surface area (Å²) in [6, 6.07) is 12.7. The van der Waals surface area contributed by atoms with Gasteiger partial charge in [-0.05, 0) is 24.8 Å². The van der Waals surface area contributed by atoms with Crippen molar-refractivity contribution in [3.8, 4) is 6.07 Å². The third-order valence-electron chi connectivity index (χ3n) is 3.23. The van der Waals surface area contributed by atoms with Crippen LogP contribution in [0.2, 0.25) is 0 Å². The summed E-state index contributed by atoms with van der Waals surface area (Å²) >= 11 is 1.57. The van der Waals surface area contributed by atoms with Gasteiger partial charge in [-0.25, -0.2) is 4.98 Å². The second-order valence-electron chi connectivity index (χ2n) is 4.69. The highest BCUT2D eigenvalue weighted by Crippen LogP contribution is 2.42. The Morgan fingerprint density at radius 3 is 2.67 bits per heavy atom. The molecule has 1 saturated carbocycles. The number of nitriles is 1. The normalized spacial score (nSPS) is 14.4. The number of aryl methyl sites for hydroxylation is 2. The topological polar surface area (TPSA) is 36.7 Å². The molecule has 1 fully saturated rings. The lowest BCUT2D eigenvalue weighted by atomic mass is 10.1. The van der Waals surface area contributed by atoms with Gasteiger partial charge in [-0.2, -0.15) is 5.26 Å². The Morgan fingerprint density at radius 2 is 2.00 bits per heavy atom. The molecule has 3 heteroatoms. The molecule has 0 unspecified atom stereocenters. The van der Waals surface area contributed by atoms with Gasteiger partial charge in [0.1, 0.15) is 10.9 Å². The highest BCUT2D eigenvalue weighted by molar-refractivity contribution is 7.12. The zero-order valence-corrected chi connectivity index (χ0v) is 10.9. The highest BCUT2D eigenvalue weighted by Gasteiger charge is 2.29. The maximum atomic E-state index is 9.11. The van der Waals surface area contributed by atoms with Crippen molar-refractivity contribution < 1.29 is 0 Å². The molecule has 18 heavy (non-hydrogen) atoms. The van der Waals surface area contributed by atoms with E-state index in [1.807, 2.05) is 6.07 Å². The first kappa shape index (κ1) is 11.4. The quantitative estimate of drug-likeness (QED) is 0.834. The van der Waals surface area contributed by atoms with Gasteiger partial charge in [-0.15, -0.1) is 11.3 Å². The minimum atomic E-state index is 0.571. The van der Waals surface area contributed by atoms with Crippen molar-refractivity contribution in [3.05, 3.63) is 51.5 Å². The summed E-state index contributed by atoms with van der Waals surface area (Å²) in [6.07, 6.45) is 4.35. The van der Waals surface area contributed by atoms with Crippen molar-refractivity contribution in [1.82, 2.24) is 4.98 Å². The van der Waals surface area contributed by atoms with Crippen LogP contribution in [0, 0.1) is 11.3 Å². The zero-order valence-electron chi connectivity index (χ0n) is 10.1. The third kappa shape index (κ3) is 2.44. The molecular weight excluding hydrogens is 240 g/mol. The van der Waals surface area contributed by atoms with E-state index < -0.39 is 0 Å². The van der Waals surface area contributed by atoms with E-state index in [0.717, 1.165) is 28.4 Å². The fourth-order valence-corrected chi connectivity index (χ4v) is 3.04. The van der Waals surface area contributed by atoms with E-state index in [9.17, 15) is 0 Å². The maximum Gasteiger partial charge on any atom is 0.128 e. The van der Waals surface area contributed by atoms with E-state index in [-0.39, 0.29) is 0 Å². The lowest BCUT2D eigenvalue weighted by Crippen LogP contribution is -1.91. The monoisotopic (exact) mass is 254 g/mol. The molecule has 0 saturated heterocycles. The van der Waals surface area contributed by atoms with Crippen molar-refractivity contribution in [2.24, 2.45) is 0 Å². The van der Waals surface area contributed by atoms with E-state index in [2.05, 4.69) is 35.3 Å². The maximum absolute atomic E-state index is 9.11. The second kappa shape index (κ2) is 4.91. The molecular formula is C15H14N2S. The van der Waals surface area contributed by atoms with Crippen molar-refractivity contribution >= 4 is 11.3 Å². The largest absolute Gasteiger partial charge is 0.245 e. The summed E-state index contributed by atoms with van der Waals surface area (Å²) in [6.45, 7) is 0. The molecule has 1 aromatic heterocycles. The number of hydrogen-bond donors (Lipinski definition) is 0. The van der Waals surface area contributed by atoms with Crippen LogP contribution in [0.15, 0.2) is 30.3 Å². The highest BCUT2D eigenvalue weighted by atomic mass is 32.1. The SMILES string of the molecule is N#Cc1sc(CCc2ccccc2)nc1C1CC1. The van der Waals surface area contributed by atoms with Crippen LogP contribution < -0.4 is 0 Å². The summed E-state index contributed by atoms with van der Waals surface area (Å²) in [4.78, 5) is 5.49. The molecule has 1 aliphatic carbocycles. The van der Waals surface area contributed by atoms with Gasteiger partial charge in [0.2, 0.25) is 0 Å². The molecule has 0 atom stereocenters. The van der Waals surface area contributed by atoms with Crippen molar-refractivity contribution in [2.75, 3.05) is 0 Å². The first-order chi connectivity index (χ1) is 8.86. The molecule has 90 valence electrons. The Morgan fingerprint density at radius 1 is 1.22 bits per heavy atom. The lowest BCUT2D eigenvalue weighted by molar-refractivity contribution is 0.918. The van der Waals surface area contributed by atoms with Crippen LogP contribution in [0.1, 0.15) is 39.9 Å². The van der Waals surface area contributed by atoms with Crippen LogP contribution in [0.5, 0.6) is 0 Å². The van der Waals surface area contributed by atoms with E-state index >= 15 is 0 Å². The fourth-order valence-electron chi connectivity index (χ4n) is 2.09. The zero-order chi connectivity index (χ0) is 12.4. The number of hydrogen-bond acceptors (Lipinski definition) is 3. The number of rotatable bonds is 4. The number of thiazole rings is 1. The first-order valence-corrected chi connectivity index (χ1v) is 7.12. The van der Waals surface area contributed by atoms with Crippen LogP contribution in [0.4, 0.5) is 0 Å². The van der Waals surface area contributed by atoms with Crippen LogP contribution in [-0.2, 0) is 12.8 Å². The Hall–Kier alpha value is -1.66. The number of aromatic nitrogens is 1. The summed E-state index contributed by atoms with van der Waals surface area (Å²) in [7, 11) is 0. The number of nitrogens with zero attached hydrogens (tertiary/aromatic N) is 2. The van der Waals surface area contributed by atoms with Gasteiger partial charge in [0, 0.05) is 12.3 Å². The first-order valence-electron chi connectivity index (χ1n) is 6.30. The summed E-state index contributed by atoms with van der Waals surface area (Å²) in [5, 5.41) is 10.2. The molecule has 0 radical (unpaired) electrons. The molecule has 0 amide bonds. The van der Waals surface area contributed by atoms with Crippen LogP contribution in [0.25, 0.3) is 0 Å².